The molecule has 0 rings (SSSR count). The fraction of sp³-hybridized carbons (Fsp3) is 1.00. The maximum atomic E-state index is 13.0. The Morgan fingerprint density at radius 1 is 1.05 bits per heavy atom. The topological polar surface area (TPSA) is 44.8 Å². The molecule has 0 aromatic carbocycles. The van der Waals surface area contributed by atoms with Crippen LogP contribution in [0.3, 0.4) is 0 Å². The molecular weight excluding hydrogens is 324 g/mol. The van der Waals surface area contributed by atoms with E-state index in [4.69, 9.17) is 0 Å². The fourth-order valence-electron chi connectivity index (χ4n) is 0.881. The van der Waals surface area contributed by atoms with Crippen LogP contribution < -0.4 is 0 Å². The zero-order valence-electron chi connectivity index (χ0n) is 10.3. The summed E-state index contributed by atoms with van der Waals surface area (Å²) in [5.41, 5.74) is 0. The van der Waals surface area contributed by atoms with Gasteiger partial charge in [-0.3, -0.25) is 9.05 Å². The van der Waals surface area contributed by atoms with E-state index in [0.29, 0.717) is 7.11 Å². The first-order valence-corrected chi connectivity index (χ1v) is 6.58. The lowest BCUT2D eigenvalue weighted by atomic mass is 10.2. The van der Waals surface area contributed by atoms with E-state index in [0.717, 1.165) is 0 Å². The van der Waals surface area contributed by atoms with Crippen LogP contribution in [-0.4, -0.2) is 31.9 Å². The number of alkyl halides is 7. The van der Waals surface area contributed by atoms with Gasteiger partial charge in [0.1, 0.15) is 6.42 Å². The van der Waals surface area contributed by atoms with Crippen molar-refractivity contribution < 1.29 is 48.9 Å². The molecule has 0 fully saturated rings. The quantitative estimate of drug-likeness (QED) is 0.488. The third-order valence-corrected chi connectivity index (χ3v) is 3.15. The van der Waals surface area contributed by atoms with Crippen LogP contribution in [0.2, 0.25) is 0 Å². The van der Waals surface area contributed by atoms with Gasteiger partial charge in [-0.2, -0.15) is 30.7 Å². The Hall–Kier alpha value is -0.380. The third-order valence-electron chi connectivity index (χ3n) is 1.75. The van der Waals surface area contributed by atoms with E-state index in [1.807, 2.05) is 0 Å². The summed E-state index contributed by atoms with van der Waals surface area (Å²) >= 11 is 0. The Morgan fingerprint density at radius 3 is 1.90 bits per heavy atom. The number of rotatable bonds is 8. The van der Waals surface area contributed by atoms with E-state index >= 15 is 0 Å². The zero-order valence-corrected chi connectivity index (χ0v) is 11.2. The van der Waals surface area contributed by atoms with E-state index in [1.165, 1.54) is 6.92 Å². The molecule has 122 valence electrons. The monoisotopic (exact) mass is 336 g/mol. The van der Waals surface area contributed by atoms with E-state index in [1.54, 1.807) is 0 Å². The van der Waals surface area contributed by atoms with Gasteiger partial charge in [-0.25, -0.2) is 9.09 Å². The van der Waals surface area contributed by atoms with Gasteiger partial charge in [0, 0.05) is 7.11 Å². The minimum atomic E-state index is -5.68. The second-order valence-electron chi connectivity index (χ2n) is 3.57. The van der Waals surface area contributed by atoms with Crippen LogP contribution in [0.4, 0.5) is 30.7 Å². The van der Waals surface area contributed by atoms with Crippen molar-refractivity contribution in [3.63, 3.8) is 0 Å². The number of phosphoric ester groups is 1. The van der Waals surface area contributed by atoms with Gasteiger partial charge in [0.05, 0.1) is 6.61 Å². The summed E-state index contributed by atoms with van der Waals surface area (Å²) in [6.07, 6.45) is -14.2. The first-order chi connectivity index (χ1) is 8.79. The van der Waals surface area contributed by atoms with Crippen molar-refractivity contribution in [1.82, 2.24) is 0 Å². The lowest BCUT2D eigenvalue weighted by Crippen LogP contribution is -2.45. The highest BCUT2D eigenvalue weighted by molar-refractivity contribution is 7.48. The van der Waals surface area contributed by atoms with Crippen LogP contribution in [0.1, 0.15) is 19.8 Å². The van der Waals surface area contributed by atoms with Crippen molar-refractivity contribution >= 4 is 7.82 Å². The summed E-state index contributed by atoms with van der Waals surface area (Å²) in [7, 11) is -4.53. The predicted octanol–water partition coefficient (Wildman–Crippen LogP) is 4.36. The minimum absolute atomic E-state index is 0.154. The van der Waals surface area contributed by atoms with Crippen LogP contribution in [0.5, 0.6) is 0 Å². The summed E-state index contributed by atoms with van der Waals surface area (Å²) in [6, 6.07) is 0. The standard InChI is InChI=1S/C8H12F7O4P/c1-3-4-18-20(16,17-2)19-8(14,15)6(9,10)5-7(11,12)13/h3-5H2,1-2H3. The Bertz CT molecular complexity index is 357. The molecule has 0 heterocycles. The molecule has 0 bridgehead atoms. The second kappa shape index (κ2) is 6.59. The molecule has 0 saturated heterocycles. The summed E-state index contributed by atoms with van der Waals surface area (Å²) in [5.74, 6) is -5.63. The van der Waals surface area contributed by atoms with Gasteiger partial charge < -0.3 is 0 Å². The normalized spacial score (nSPS) is 17.1. The molecule has 0 aromatic rings. The highest BCUT2D eigenvalue weighted by atomic mass is 31.2. The van der Waals surface area contributed by atoms with Gasteiger partial charge >= 0.3 is 26.0 Å². The Balaban J connectivity index is 5.07. The summed E-state index contributed by atoms with van der Waals surface area (Å²) in [5, 5.41) is 0. The Labute approximate surface area is 109 Å². The fourth-order valence-corrected chi connectivity index (χ4v) is 1.93. The van der Waals surface area contributed by atoms with E-state index in [-0.39, 0.29) is 6.42 Å². The summed E-state index contributed by atoms with van der Waals surface area (Å²) in [4.78, 5) is 0. The molecule has 0 amide bonds. The van der Waals surface area contributed by atoms with Gasteiger partial charge in [0.15, 0.2) is 0 Å². The third kappa shape index (κ3) is 5.94. The van der Waals surface area contributed by atoms with Gasteiger partial charge in [-0.05, 0) is 6.42 Å². The van der Waals surface area contributed by atoms with Gasteiger partial charge in [-0.15, -0.1) is 0 Å². The molecule has 0 spiro atoms. The number of hydrogen-bond donors (Lipinski definition) is 0. The molecule has 0 aliphatic heterocycles. The van der Waals surface area contributed by atoms with Crippen LogP contribution in [0.15, 0.2) is 0 Å². The molecule has 0 aliphatic carbocycles. The molecule has 0 radical (unpaired) electrons. The van der Waals surface area contributed by atoms with Gasteiger partial charge in [0.25, 0.3) is 0 Å². The van der Waals surface area contributed by atoms with Crippen molar-refractivity contribution in [2.24, 2.45) is 0 Å². The average Bonchev–Trinajstić information content (AvgIpc) is 2.22. The van der Waals surface area contributed by atoms with Crippen molar-refractivity contribution in [2.45, 2.75) is 38.0 Å². The van der Waals surface area contributed by atoms with Crippen molar-refractivity contribution in [3.05, 3.63) is 0 Å². The lowest BCUT2D eigenvalue weighted by Gasteiger charge is -2.28. The smallest absolute Gasteiger partial charge is 0.290 e. The van der Waals surface area contributed by atoms with E-state index in [9.17, 15) is 35.3 Å². The Morgan fingerprint density at radius 2 is 1.55 bits per heavy atom. The van der Waals surface area contributed by atoms with Crippen LogP contribution in [0, 0.1) is 0 Å². The lowest BCUT2D eigenvalue weighted by molar-refractivity contribution is -0.339. The summed E-state index contributed by atoms with van der Waals surface area (Å²) < 4.78 is 110. The predicted molar refractivity (Wildman–Crippen MR) is 52.5 cm³/mol. The Kier molecular flexibility index (Phi) is 6.46. The van der Waals surface area contributed by atoms with Crippen molar-refractivity contribution in [1.29, 1.82) is 0 Å². The second-order valence-corrected chi connectivity index (χ2v) is 5.27. The highest BCUT2D eigenvalue weighted by Gasteiger charge is 2.65. The maximum Gasteiger partial charge on any atom is 0.479 e. The molecule has 0 aromatic heterocycles. The van der Waals surface area contributed by atoms with Crippen molar-refractivity contribution in [3.8, 4) is 0 Å². The van der Waals surface area contributed by atoms with Gasteiger partial charge in [-0.1, -0.05) is 6.92 Å². The molecule has 20 heavy (non-hydrogen) atoms. The minimum Gasteiger partial charge on any atom is -0.290 e. The molecular formula is C8H12F7O4P. The molecule has 0 N–H and O–H groups in total. The van der Waals surface area contributed by atoms with E-state index < -0.39 is 39.1 Å². The molecule has 1 atom stereocenters. The SMILES string of the molecule is CCCOP(=O)(OC)OC(F)(F)C(F)(F)CC(F)(F)F. The van der Waals surface area contributed by atoms with Gasteiger partial charge in [0.2, 0.25) is 0 Å². The zero-order chi connectivity index (χ0) is 16.2. The van der Waals surface area contributed by atoms with Crippen molar-refractivity contribution in [2.75, 3.05) is 13.7 Å². The van der Waals surface area contributed by atoms with E-state index in [2.05, 4.69) is 13.6 Å². The van der Waals surface area contributed by atoms with Crippen LogP contribution >= 0.6 is 7.82 Å². The number of hydrogen-bond acceptors (Lipinski definition) is 4. The van der Waals surface area contributed by atoms with Crippen LogP contribution in [-0.2, 0) is 18.1 Å². The largest absolute Gasteiger partial charge is 0.479 e. The maximum absolute atomic E-state index is 13.0. The highest BCUT2D eigenvalue weighted by Crippen LogP contribution is 2.57. The first-order valence-electron chi connectivity index (χ1n) is 5.12. The molecule has 0 aliphatic rings. The average molecular weight is 336 g/mol. The number of phosphoric acid groups is 1. The first kappa shape index (κ1) is 19.6. The number of halogens is 7. The molecule has 1 unspecified atom stereocenters. The molecule has 4 nitrogen and oxygen atoms in total. The van der Waals surface area contributed by atoms with Crippen LogP contribution in [0.25, 0.3) is 0 Å². The molecule has 12 heteroatoms. The summed E-state index contributed by atoms with van der Waals surface area (Å²) in [6.45, 7) is 1.03. The molecule has 0 saturated carbocycles.